The molecule has 5 atom stereocenters. The van der Waals surface area contributed by atoms with Crippen molar-refractivity contribution < 1.29 is 24.3 Å². The van der Waals surface area contributed by atoms with Crippen LogP contribution < -0.4 is 4.90 Å². The van der Waals surface area contributed by atoms with Gasteiger partial charge in [0, 0.05) is 43.3 Å². The van der Waals surface area contributed by atoms with Crippen molar-refractivity contribution in [2.75, 3.05) is 26.7 Å². The Hall–Kier alpha value is -2.70. The van der Waals surface area contributed by atoms with Gasteiger partial charge in [0.25, 0.3) is 12.7 Å². The second-order valence-corrected chi connectivity index (χ2v) is 11.8. The van der Waals surface area contributed by atoms with E-state index in [1.807, 2.05) is 48.3 Å². The van der Waals surface area contributed by atoms with E-state index in [9.17, 15) is 15.0 Å². The Morgan fingerprint density at radius 3 is 2.64 bits per heavy atom. The number of aromatic hydroxyl groups is 1. The summed E-state index contributed by atoms with van der Waals surface area (Å²) in [5.74, 6) is 1.58. The number of amides is 1. The van der Waals surface area contributed by atoms with Gasteiger partial charge in [-0.15, -0.1) is 0 Å². The van der Waals surface area contributed by atoms with Gasteiger partial charge in [0.1, 0.15) is 11.6 Å². The minimum absolute atomic E-state index is 0.0268. The monoisotopic (exact) mass is 490 g/mol. The standard InChI is InChI=1S/C30H36N2O4/c1-31(28(34)22-6-4-3-5-7-22)18-21-12-13-30(35)25-16-23-10-11-24(33)27(36-2)26(23)29(30,17-21)14-15-32(25)19-20-8-9-20/h3-7,10-11,20-21,25,35H,2,8-9,12-19H2,1H3/p+2/t21-,25+,29+,30+/m0/s1. The number of nitrogens with zero attached hydrogens (tertiary/aromatic N) is 1. The van der Waals surface area contributed by atoms with Gasteiger partial charge in [-0.3, -0.25) is 4.79 Å². The number of hydrogen-bond donors (Lipinski definition) is 3. The number of rotatable bonds is 6. The highest BCUT2D eigenvalue weighted by molar-refractivity contribution is 5.94. The van der Waals surface area contributed by atoms with Crippen LogP contribution in [0, 0.1) is 11.8 Å². The number of hydrogen-bond acceptors (Lipinski definition) is 3. The number of likely N-dealkylation sites (tertiary alicyclic amines) is 1. The van der Waals surface area contributed by atoms with E-state index in [-0.39, 0.29) is 23.6 Å². The molecule has 3 aliphatic carbocycles. The van der Waals surface area contributed by atoms with Crippen molar-refractivity contribution in [2.45, 2.75) is 62.0 Å². The first kappa shape index (κ1) is 23.7. The average Bonchev–Trinajstić information content (AvgIpc) is 3.70. The molecule has 2 aromatic carbocycles. The number of carbonyl (C=O) groups is 1. The van der Waals surface area contributed by atoms with Gasteiger partial charge in [0.05, 0.1) is 18.7 Å². The molecule has 190 valence electrons. The van der Waals surface area contributed by atoms with Crippen LogP contribution in [0.25, 0.3) is 0 Å². The van der Waals surface area contributed by atoms with Crippen LogP contribution in [-0.4, -0.2) is 66.1 Å². The topological polar surface area (TPSA) is 76.5 Å². The molecule has 3 N–H and O–H groups in total. The van der Waals surface area contributed by atoms with Crippen LogP contribution in [0.2, 0.25) is 0 Å². The molecule has 0 radical (unpaired) electrons. The van der Waals surface area contributed by atoms with Crippen LogP contribution in [0.3, 0.4) is 0 Å². The molecule has 6 nitrogen and oxygen atoms in total. The van der Waals surface area contributed by atoms with E-state index in [0.717, 1.165) is 50.3 Å². The van der Waals surface area contributed by atoms with Gasteiger partial charge in [0.15, 0.2) is 0 Å². The number of nitrogens with one attached hydrogen (secondary N) is 1. The summed E-state index contributed by atoms with van der Waals surface area (Å²) in [6.45, 7) is 6.48. The van der Waals surface area contributed by atoms with Crippen LogP contribution >= 0.6 is 0 Å². The predicted molar refractivity (Wildman–Crippen MR) is 138 cm³/mol. The quantitative estimate of drug-likeness (QED) is 0.545. The molecule has 0 aromatic heterocycles. The summed E-state index contributed by atoms with van der Waals surface area (Å²) >= 11 is 0. The Labute approximate surface area is 213 Å². The number of phenolic OH excluding ortho intramolecular Hbond substituents is 1. The second kappa shape index (κ2) is 8.70. The Morgan fingerprint density at radius 2 is 1.92 bits per heavy atom. The molecule has 1 aliphatic heterocycles. The van der Waals surface area contributed by atoms with Gasteiger partial charge < -0.3 is 20.0 Å². The van der Waals surface area contributed by atoms with Crippen molar-refractivity contribution in [3.63, 3.8) is 0 Å². The lowest BCUT2D eigenvalue weighted by Gasteiger charge is -2.62. The maximum absolute atomic E-state index is 13.1. The van der Waals surface area contributed by atoms with E-state index in [1.165, 1.54) is 18.4 Å². The van der Waals surface area contributed by atoms with Crippen LogP contribution in [0.4, 0.5) is 0 Å². The number of carbonyl (C=O) groups excluding carboxylic acids is 2. The highest BCUT2D eigenvalue weighted by Gasteiger charge is 2.69. The summed E-state index contributed by atoms with van der Waals surface area (Å²) in [6.07, 6.45) is 6.63. The summed E-state index contributed by atoms with van der Waals surface area (Å²) in [4.78, 5) is 16.5. The maximum Gasteiger partial charge on any atom is 0.396 e. The molecule has 1 saturated heterocycles. The summed E-state index contributed by atoms with van der Waals surface area (Å²) in [6, 6.07) is 13.3. The van der Waals surface area contributed by atoms with Crippen LogP contribution in [-0.2, 0) is 16.3 Å². The number of quaternary nitrogens is 1. The third-order valence-electron chi connectivity index (χ3n) is 9.76. The number of fused-ring (bicyclic) bond motifs is 1. The zero-order valence-corrected chi connectivity index (χ0v) is 21.2. The van der Waals surface area contributed by atoms with Gasteiger partial charge in [-0.05, 0) is 61.8 Å². The molecule has 1 unspecified atom stereocenters. The lowest BCUT2D eigenvalue weighted by Crippen LogP contribution is -3.21. The van der Waals surface area contributed by atoms with Crippen molar-refractivity contribution in [1.29, 1.82) is 0 Å². The maximum atomic E-state index is 13.1. The van der Waals surface area contributed by atoms with Crippen LogP contribution in [0.15, 0.2) is 42.5 Å². The third-order valence-corrected chi connectivity index (χ3v) is 9.76. The molecule has 4 aliphatic rings. The van der Waals surface area contributed by atoms with E-state index < -0.39 is 11.0 Å². The van der Waals surface area contributed by atoms with Gasteiger partial charge >= 0.3 is 5.75 Å². The summed E-state index contributed by atoms with van der Waals surface area (Å²) < 4.78 is 5.55. The molecule has 2 bridgehead atoms. The predicted octanol–water partition coefficient (Wildman–Crippen LogP) is 2.63. The fourth-order valence-corrected chi connectivity index (χ4v) is 7.94. The average molecular weight is 491 g/mol. The number of aliphatic hydroxyl groups is 1. The van der Waals surface area contributed by atoms with Crippen molar-refractivity contribution in [3.05, 3.63) is 59.2 Å². The number of phenols is 1. The normalized spacial score (nSPS) is 32.8. The largest absolute Gasteiger partial charge is 0.500 e. The number of benzene rings is 2. The van der Waals surface area contributed by atoms with Crippen molar-refractivity contribution in [1.82, 2.24) is 4.90 Å². The van der Waals surface area contributed by atoms with Gasteiger partial charge in [0.2, 0.25) is 5.75 Å². The fraction of sp³-hybridized carbons (Fsp3) is 0.533. The first-order valence-electron chi connectivity index (χ1n) is 13.5. The number of piperidine rings is 1. The molecule has 6 heteroatoms. The van der Waals surface area contributed by atoms with E-state index in [4.69, 9.17) is 4.42 Å². The molecule has 6 rings (SSSR count). The molecule has 2 aromatic rings. The molecule has 3 fully saturated rings. The first-order chi connectivity index (χ1) is 17.4. The first-order valence-corrected chi connectivity index (χ1v) is 13.5. The van der Waals surface area contributed by atoms with Gasteiger partial charge in [-0.1, -0.05) is 24.3 Å². The van der Waals surface area contributed by atoms with E-state index in [2.05, 4.69) is 6.79 Å². The zero-order chi connectivity index (χ0) is 25.1. The summed E-state index contributed by atoms with van der Waals surface area (Å²) in [7, 11) is 1.88. The minimum Gasteiger partial charge on any atom is -0.500 e. The highest BCUT2D eigenvalue weighted by Crippen LogP contribution is 2.60. The molecule has 2 saturated carbocycles. The van der Waals surface area contributed by atoms with Crippen LogP contribution in [0.1, 0.15) is 60.0 Å². The Bertz CT molecular complexity index is 1180. The smallest absolute Gasteiger partial charge is 0.396 e. The van der Waals surface area contributed by atoms with E-state index >= 15 is 0 Å². The van der Waals surface area contributed by atoms with Crippen molar-refractivity contribution in [2.24, 2.45) is 11.8 Å². The molecular formula is C30H38N2O4+2. The minimum atomic E-state index is -0.859. The van der Waals surface area contributed by atoms with Gasteiger partial charge in [-0.2, -0.15) is 0 Å². The van der Waals surface area contributed by atoms with Crippen molar-refractivity contribution >= 4 is 12.7 Å². The summed E-state index contributed by atoms with van der Waals surface area (Å²) in [5.41, 5.74) is 1.46. The van der Waals surface area contributed by atoms with E-state index in [1.54, 1.807) is 11.0 Å². The third kappa shape index (κ3) is 3.60. The van der Waals surface area contributed by atoms with E-state index in [0.29, 0.717) is 24.3 Å². The summed E-state index contributed by atoms with van der Waals surface area (Å²) in [5, 5.41) is 23.3. The Balaban J connectivity index is 1.36. The molecule has 36 heavy (non-hydrogen) atoms. The molecule has 1 heterocycles. The fourth-order valence-electron chi connectivity index (χ4n) is 7.94. The lowest BCUT2D eigenvalue weighted by molar-refractivity contribution is -0.944. The lowest BCUT2D eigenvalue weighted by atomic mass is 9.47. The van der Waals surface area contributed by atoms with Crippen molar-refractivity contribution in [3.8, 4) is 11.5 Å². The second-order valence-electron chi connectivity index (χ2n) is 11.8. The van der Waals surface area contributed by atoms with Crippen LogP contribution in [0.5, 0.6) is 11.5 Å². The molecule has 1 amide bonds. The van der Waals surface area contributed by atoms with Gasteiger partial charge in [-0.25, -0.2) is 4.42 Å². The zero-order valence-electron chi connectivity index (χ0n) is 21.2. The molecular weight excluding hydrogens is 452 g/mol. The Morgan fingerprint density at radius 1 is 1.14 bits per heavy atom. The Kier molecular flexibility index (Phi) is 5.73. The molecule has 0 spiro atoms. The highest BCUT2D eigenvalue weighted by atomic mass is 16.4. The SMILES string of the molecule is C=[O+]c1c(O)ccc2c1[C@]13CC[NH+](CC4CC4)[C@H](C2)[C@]1(O)CC[C@H](CN(C)C(=O)c1ccccc1)C3.